The molecule has 1 aliphatic rings. The number of nitrogens with zero attached hydrogens (tertiary/aromatic N) is 1. The van der Waals surface area contributed by atoms with E-state index in [1.165, 1.54) is 0 Å². The van der Waals surface area contributed by atoms with Crippen molar-refractivity contribution in [3.05, 3.63) is 0 Å². The Bertz CT molecular complexity index is 294. The van der Waals surface area contributed by atoms with Gasteiger partial charge in [0.25, 0.3) is 0 Å². The molecular weight excluding hydrogens is 236 g/mol. The van der Waals surface area contributed by atoms with Gasteiger partial charge in [-0.25, -0.2) is 9.59 Å². The fourth-order valence-electron chi connectivity index (χ4n) is 2.32. The van der Waals surface area contributed by atoms with E-state index in [0.717, 1.165) is 32.1 Å². The van der Waals surface area contributed by atoms with Gasteiger partial charge in [-0.15, -0.1) is 0 Å². The molecule has 0 spiro atoms. The molecule has 0 aromatic rings. The summed E-state index contributed by atoms with van der Waals surface area (Å²) in [7, 11) is 0. The molecular formula is C12H22N2O4. The topological polar surface area (TPSA) is 89.9 Å². The number of urea groups is 1. The number of aliphatic hydroxyl groups excluding tert-OH is 1. The summed E-state index contributed by atoms with van der Waals surface area (Å²) < 4.78 is 0. The summed E-state index contributed by atoms with van der Waals surface area (Å²) in [5.74, 6) is -1.21. The van der Waals surface area contributed by atoms with Crippen LogP contribution in [0.1, 0.15) is 39.0 Å². The van der Waals surface area contributed by atoms with E-state index in [1.807, 2.05) is 0 Å². The third kappa shape index (κ3) is 3.87. The summed E-state index contributed by atoms with van der Waals surface area (Å²) in [6.07, 6.45) is 4.96. The van der Waals surface area contributed by atoms with Crippen molar-refractivity contribution in [2.24, 2.45) is 0 Å². The molecule has 0 bridgehead atoms. The lowest BCUT2D eigenvalue weighted by Crippen LogP contribution is -2.53. The predicted molar refractivity (Wildman–Crippen MR) is 66.3 cm³/mol. The Morgan fingerprint density at radius 1 is 1.44 bits per heavy atom. The molecule has 1 aliphatic heterocycles. The van der Waals surface area contributed by atoms with Crippen molar-refractivity contribution in [3.63, 3.8) is 0 Å². The maximum atomic E-state index is 12.0. The van der Waals surface area contributed by atoms with Gasteiger partial charge in [0.05, 0.1) is 6.61 Å². The van der Waals surface area contributed by atoms with E-state index in [2.05, 4.69) is 12.2 Å². The number of aliphatic carboxylic acids is 1. The number of amides is 2. The number of aliphatic hydroxyl groups is 1. The van der Waals surface area contributed by atoms with Crippen LogP contribution in [0.5, 0.6) is 0 Å². The van der Waals surface area contributed by atoms with Crippen LogP contribution < -0.4 is 5.32 Å². The summed E-state index contributed by atoms with van der Waals surface area (Å²) >= 11 is 0. The zero-order chi connectivity index (χ0) is 13.5. The second-order valence-electron chi connectivity index (χ2n) is 4.65. The molecule has 0 aromatic carbocycles. The molecule has 6 nitrogen and oxygen atoms in total. The number of likely N-dealkylation sites (tertiary alicyclic amines) is 1. The van der Waals surface area contributed by atoms with Gasteiger partial charge < -0.3 is 20.4 Å². The number of nitrogens with one attached hydrogen (secondary N) is 1. The Labute approximate surface area is 107 Å². The molecule has 1 fully saturated rings. The lowest BCUT2D eigenvalue weighted by molar-refractivity contribution is -0.140. The summed E-state index contributed by atoms with van der Waals surface area (Å²) in [5.41, 5.74) is 0. The van der Waals surface area contributed by atoms with Gasteiger partial charge >= 0.3 is 12.0 Å². The second kappa shape index (κ2) is 7.20. The number of carboxylic acids is 1. The minimum Gasteiger partial charge on any atom is -0.480 e. The maximum absolute atomic E-state index is 12.0. The van der Waals surface area contributed by atoms with Crippen LogP contribution in [-0.4, -0.2) is 52.3 Å². The molecule has 0 radical (unpaired) electrons. The molecule has 2 amide bonds. The zero-order valence-corrected chi connectivity index (χ0v) is 10.8. The van der Waals surface area contributed by atoms with Crippen molar-refractivity contribution < 1.29 is 19.8 Å². The van der Waals surface area contributed by atoms with E-state index in [4.69, 9.17) is 10.2 Å². The molecule has 0 aromatic heterocycles. The molecule has 3 N–H and O–H groups in total. The first-order chi connectivity index (χ1) is 8.60. The van der Waals surface area contributed by atoms with Gasteiger partial charge in [-0.2, -0.15) is 0 Å². The number of rotatable bonds is 5. The number of hydrogen-bond donors (Lipinski definition) is 3. The van der Waals surface area contributed by atoms with Crippen LogP contribution in [0, 0.1) is 0 Å². The van der Waals surface area contributed by atoms with E-state index in [1.54, 1.807) is 4.90 Å². The molecule has 6 heteroatoms. The molecule has 1 unspecified atom stereocenters. The zero-order valence-electron chi connectivity index (χ0n) is 10.8. The lowest BCUT2D eigenvalue weighted by Gasteiger charge is -2.36. The Morgan fingerprint density at radius 2 is 2.17 bits per heavy atom. The van der Waals surface area contributed by atoms with Crippen LogP contribution in [0.4, 0.5) is 4.79 Å². The highest BCUT2D eigenvalue weighted by Crippen LogP contribution is 2.20. The molecule has 2 atom stereocenters. The Hall–Kier alpha value is -1.30. The number of carboxylic acid groups (broad SMARTS) is 1. The fourth-order valence-corrected chi connectivity index (χ4v) is 2.32. The van der Waals surface area contributed by atoms with E-state index >= 15 is 0 Å². The Kier molecular flexibility index (Phi) is 5.91. The minimum atomic E-state index is -1.22. The largest absolute Gasteiger partial charge is 0.480 e. The van der Waals surface area contributed by atoms with Crippen LogP contribution in [0.15, 0.2) is 0 Å². The van der Waals surface area contributed by atoms with Crippen LogP contribution in [-0.2, 0) is 4.79 Å². The molecule has 0 aliphatic carbocycles. The number of piperidine rings is 1. The van der Waals surface area contributed by atoms with E-state index in [9.17, 15) is 9.59 Å². The fraction of sp³-hybridized carbons (Fsp3) is 0.833. The summed E-state index contributed by atoms with van der Waals surface area (Å²) in [4.78, 5) is 24.5. The third-order valence-corrected chi connectivity index (χ3v) is 3.29. The van der Waals surface area contributed by atoms with Crippen molar-refractivity contribution in [1.82, 2.24) is 10.2 Å². The first kappa shape index (κ1) is 14.8. The SMILES string of the molecule is CCCC1CCCCN1C(=O)N[C@@H](CO)C(=O)O. The first-order valence-electron chi connectivity index (χ1n) is 6.51. The van der Waals surface area contributed by atoms with Crippen molar-refractivity contribution in [2.75, 3.05) is 13.2 Å². The molecule has 104 valence electrons. The minimum absolute atomic E-state index is 0.192. The maximum Gasteiger partial charge on any atom is 0.328 e. The van der Waals surface area contributed by atoms with Crippen molar-refractivity contribution in [2.45, 2.75) is 51.1 Å². The highest BCUT2D eigenvalue weighted by molar-refractivity contribution is 5.82. The van der Waals surface area contributed by atoms with Gasteiger partial charge in [0.15, 0.2) is 6.04 Å². The molecule has 18 heavy (non-hydrogen) atoms. The standard InChI is InChI=1S/C12H22N2O4/c1-2-5-9-6-3-4-7-14(9)12(18)13-10(8-15)11(16)17/h9-10,15H,2-8H2,1H3,(H,13,18)(H,16,17)/t9?,10-/m0/s1. The quantitative estimate of drug-likeness (QED) is 0.680. The van der Waals surface area contributed by atoms with Crippen molar-refractivity contribution >= 4 is 12.0 Å². The average Bonchev–Trinajstić information content (AvgIpc) is 2.36. The second-order valence-corrected chi connectivity index (χ2v) is 4.65. The molecule has 0 saturated carbocycles. The van der Waals surface area contributed by atoms with Crippen LogP contribution in [0.2, 0.25) is 0 Å². The van der Waals surface area contributed by atoms with E-state index < -0.39 is 18.6 Å². The van der Waals surface area contributed by atoms with E-state index in [-0.39, 0.29) is 12.1 Å². The normalized spacial score (nSPS) is 21.4. The summed E-state index contributed by atoms with van der Waals surface area (Å²) in [6, 6.07) is -1.41. The molecule has 1 saturated heterocycles. The average molecular weight is 258 g/mol. The Balaban J connectivity index is 2.59. The number of carbonyl (C=O) groups excluding carboxylic acids is 1. The Morgan fingerprint density at radius 3 is 2.72 bits per heavy atom. The number of hydrogen-bond acceptors (Lipinski definition) is 3. The lowest BCUT2D eigenvalue weighted by atomic mass is 9.99. The van der Waals surface area contributed by atoms with Crippen LogP contribution >= 0.6 is 0 Å². The van der Waals surface area contributed by atoms with Gasteiger partial charge in [-0.1, -0.05) is 13.3 Å². The van der Waals surface area contributed by atoms with Crippen LogP contribution in [0.3, 0.4) is 0 Å². The van der Waals surface area contributed by atoms with Crippen molar-refractivity contribution in [1.29, 1.82) is 0 Å². The molecule has 1 heterocycles. The monoisotopic (exact) mass is 258 g/mol. The smallest absolute Gasteiger partial charge is 0.328 e. The first-order valence-corrected chi connectivity index (χ1v) is 6.51. The molecule has 1 rings (SSSR count). The van der Waals surface area contributed by atoms with Gasteiger partial charge in [0, 0.05) is 12.6 Å². The van der Waals surface area contributed by atoms with E-state index in [0.29, 0.717) is 6.54 Å². The van der Waals surface area contributed by atoms with Gasteiger partial charge in [0.1, 0.15) is 0 Å². The number of carbonyl (C=O) groups is 2. The van der Waals surface area contributed by atoms with Crippen LogP contribution in [0.25, 0.3) is 0 Å². The third-order valence-electron chi connectivity index (χ3n) is 3.29. The van der Waals surface area contributed by atoms with Gasteiger partial charge in [-0.05, 0) is 25.7 Å². The summed E-state index contributed by atoms with van der Waals surface area (Å²) in [6.45, 7) is 2.14. The van der Waals surface area contributed by atoms with Gasteiger partial charge in [0.2, 0.25) is 0 Å². The van der Waals surface area contributed by atoms with Crippen molar-refractivity contribution in [3.8, 4) is 0 Å². The highest BCUT2D eigenvalue weighted by Gasteiger charge is 2.28. The van der Waals surface area contributed by atoms with Gasteiger partial charge in [-0.3, -0.25) is 0 Å². The highest BCUT2D eigenvalue weighted by atomic mass is 16.4. The predicted octanol–water partition coefficient (Wildman–Crippen LogP) is 0.796. The summed E-state index contributed by atoms with van der Waals surface area (Å²) in [5, 5.41) is 20.1.